The fourth-order valence-electron chi connectivity index (χ4n) is 1.74. The number of benzene rings is 1. The number of hydrogen-bond donors (Lipinski definition) is 2. The second kappa shape index (κ2) is 5.56. The maximum atomic E-state index is 11.7. The van der Waals surface area contributed by atoms with Gasteiger partial charge in [-0.15, -0.1) is 0 Å². The Kier molecular flexibility index (Phi) is 4.06. The topological polar surface area (TPSA) is 70.0 Å². The van der Waals surface area contributed by atoms with Crippen LogP contribution >= 0.6 is 11.6 Å². The van der Waals surface area contributed by atoms with Crippen molar-refractivity contribution in [3.05, 3.63) is 29.3 Å². The molecule has 6 heteroatoms. The molecule has 0 spiro atoms. The van der Waals surface area contributed by atoms with Crippen molar-refractivity contribution >= 4 is 17.5 Å². The monoisotopic (exact) mass is 271 g/mol. The van der Waals surface area contributed by atoms with E-state index in [4.69, 9.17) is 16.3 Å². The molecule has 0 bridgehead atoms. The molecule has 98 valence electrons. The van der Waals surface area contributed by atoms with Crippen LogP contribution in [-0.2, 0) is 4.79 Å². The van der Waals surface area contributed by atoms with E-state index in [1.165, 1.54) is 4.90 Å². The van der Waals surface area contributed by atoms with Gasteiger partial charge in [0.2, 0.25) is 0 Å². The molecule has 1 amide bonds. The summed E-state index contributed by atoms with van der Waals surface area (Å²) in [5.41, 5.74) is 0. The Labute approximate surface area is 110 Å². The minimum atomic E-state index is -0.871. The summed E-state index contributed by atoms with van der Waals surface area (Å²) < 4.78 is 5.29. The lowest BCUT2D eigenvalue weighted by Crippen LogP contribution is -2.33. The van der Waals surface area contributed by atoms with Crippen molar-refractivity contribution in [3.63, 3.8) is 0 Å². The molecule has 1 aliphatic rings. The van der Waals surface area contributed by atoms with E-state index in [1.807, 2.05) is 0 Å². The normalized spacial score (nSPS) is 23.2. The number of carbonyl (C=O) groups is 1. The molecule has 1 aromatic rings. The summed E-state index contributed by atoms with van der Waals surface area (Å²) in [5.74, 6) is 0.286. The van der Waals surface area contributed by atoms with E-state index in [2.05, 4.69) is 0 Å². The number of aliphatic hydroxyl groups is 2. The van der Waals surface area contributed by atoms with Crippen molar-refractivity contribution in [1.29, 1.82) is 0 Å². The van der Waals surface area contributed by atoms with E-state index >= 15 is 0 Å². The van der Waals surface area contributed by atoms with E-state index in [1.54, 1.807) is 24.3 Å². The zero-order chi connectivity index (χ0) is 13.1. The predicted octanol–water partition coefficient (Wildman–Crippen LogP) is 0.283. The lowest BCUT2D eigenvalue weighted by Gasteiger charge is -2.15. The molecule has 1 heterocycles. The maximum absolute atomic E-state index is 11.7. The third-order valence-electron chi connectivity index (χ3n) is 2.79. The molecule has 1 aliphatic heterocycles. The first-order valence-corrected chi connectivity index (χ1v) is 5.96. The molecule has 5 nitrogen and oxygen atoms in total. The Hall–Kier alpha value is -1.30. The van der Waals surface area contributed by atoms with Gasteiger partial charge in [0.1, 0.15) is 5.75 Å². The highest BCUT2D eigenvalue weighted by molar-refractivity contribution is 6.30. The molecule has 2 unspecified atom stereocenters. The molecule has 0 saturated carbocycles. The third kappa shape index (κ3) is 3.13. The lowest BCUT2D eigenvalue weighted by atomic mass is 10.3. The number of nitrogens with zero attached hydrogens (tertiary/aromatic N) is 1. The van der Waals surface area contributed by atoms with Gasteiger partial charge in [0.05, 0.1) is 12.2 Å². The number of aliphatic hydroxyl groups excluding tert-OH is 2. The standard InChI is InChI=1S/C12H14ClNO4/c13-8-1-3-9(4-2-8)18-7-12(17)14-5-10(15)11(16)6-14/h1-4,10-11,15-16H,5-7H2. The average Bonchev–Trinajstić information content (AvgIpc) is 2.69. The second-order valence-corrected chi connectivity index (χ2v) is 4.61. The van der Waals surface area contributed by atoms with Gasteiger partial charge in [-0.1, -0.05) is 11.6 Å². The number of β-amino-alcohol motifs (C(OH)–C–C–N with tert-alkyl or cyclic N) is 2. The summed E-state index contributed by atoms with van der Waals surface area (Å²) in [6.07, 6.45) is -1.74. The minimum absolute atomic E-state index is 0.124. The Balaban J connectivity index is 1.83. The Morgan fingerprint density at radius 2 is 1.83 bits per heavy atom. The maximum Gasteiger partial charge on any atom is 0.260 e. The van der Waals surface area contributed by atoms with Crippen LogP contribution in [-0.4, -0.2) is 52.9 Å². The smallest absolute Gasteiger partial charge is 0.260 e. The first-order valence-electron chi connectivity index (χ1n) is 5.58. The summed E-state index contributed by atoms with van der Waals surface area (Å²) in [6.45, 7) is 0.162. The van der Waals surface area contributed by atoms with Crippen molar-refractivity contribution in [3.8, 4) is 5.75 Å². The average molecular weight is 272 g/mol. The minimum Gasteiger partial charge on any atom is -0.484 e. The Bertz CT molecular complexity index is 413. The summed E-state index contributed by atoms with van der Waals surface area (Å²) in [6, 6.07) is 6.68. The quantitative estimate of drug-likeness (QED) is 0.829. The van der Waals surface area contributed by atoms with Crippen LogP contribution < -0.4 is 4.74 Å². The predicted molar refractivity (Wildman–Crippen MR) is 65.5 cm³/mol. The van der Waals surface area contributed by atoms with Crippen LogP contribution in [0, 0.1) is 0 Å². The fourth-order valence-corrected chi connectivity index (χ4v) is 1.87. The van der Waals surface area contributed by atoms with Crippen LogP contribution in [0.25, 0.3) is 0 Å². The molecule has 0 aliphatic carbocycles. The molecule has 0 aromatic heterocycles. The van der Waals surface area contributed by atoms with Crippen LogP contribution in [0.4, 0.5) is 0 Å². The molecular formula is C12H14ClNO4. The summed E-state index contributed by atoms with van der Waals surface area (Å²) >= 11 is 5.72. The SMILES string of the molecule is O=C(COc1ccc(Cl)cc1)N1CC(O)C(O)C1. The molecule has 1 fully saturated rings. The van der Waals surface area contributed by atoms with E-state index in [-0.39, 0.29) is 25.6 Å². The van der Waals surface area contributed by atoms with Gasteiger partial charge < -0.3 is 19.8 Å². The second-order valence-electron chi connectivity index (χ2n) is 4.18. The van der Waals surface area contributed by atoms with Gasteiger partial charge in [-0.25, -0.2) is 0 Å². The van der Waals surface area contributed by atoms with E-state index < -0.39 is 12.2 Å². The van der Waals surface area contributed by atoms with Gasteiger partial charge in [-0.2, -0.15) is 0 Å². The number of likely N-dealkylation sites (tertiary alicyclic amines) is 1. The number of amides is 1. The number of carbonyl (C=O) groups excluding carboxylic acids is 1. The van der Waals surface area contributed by atoms with Crippen LogP contribution in [0.2, 0.25) is 5.02 Å². The lowest BCUT2D eigenvalue weighted by molar-refractivity contribution is -0.132. The van der Waals surface area contributed by atoms with Gasteiger partial charge in [-0.05, 0) is 24.3 Å². The van der Waals surface area contributed by atoms with E-state index in [0.29, 0.717) is 10.8 Å². The fraction of sp³-hybridized carbons (Fsp3) is 0.417. The van der Waals surface area contributed by atoms with Gasteiger partial charge in [-0.3, -0.25) is 4.79 Å². The van der Waals surface area contributed by atoms with Crippen molar-refractivity contribution in [1.82, 2.24) is 4.90 Å². The third-order valence-corrected chi connectivity index (χ3v) is 3.04. The van der Waals surface area contributed by atoms with Crippen molar-refractivity contribution in [2.75, 3.05) is 19.7 Å². The zero-order valence-electron chi connectivity index (χ0n) is 9.62. The summed E-state index contributed by atoms with van der Waals surface area (Å²) in [4.78, 5) is 13.1. The Morgan fingerprint density at radius 1 is 1.28 bits per heavy atom. The number of ether oxygens (including phenoxy) is 1. The zero-order valence-corrected chi connectivity index (χ0v) is 10.4. The molecule has 18 heavy (non-hydrogen) atoms. The molecule has 2 atom stereocenters. The summed E-state index contributed by atoms with van der Waals surface area (Å²) in [7, 11) is 0. The highest BCUT2D eigenvalue weighted by Crippen LogP contribution is 2.16. The number of rotatable bonds is 3. The highest BCUT2D eigenvalue weighted by atomic mass is 35.5. The van der Waals surface area contributed by atoms with Crippen LogP contribution in [0.5, 0.6) is 5.75 Å². The van der Waals surface area contributed by atoms with Gasteiger partial charge in [0, 0.05) is 18.1 Å². The van der Waals surface area contributed by atoms with Crippen LogP contribution in [0.15, 0.2) is 24.3 Å². The van der Waals surface area contributed by atoms with Crippen LogP contribution in [0.3, 0.4) is 0 Å². The van der Waals surface area contributed by atoms with Crippen molar-refractivity contribution in [2.24, 2.45) is 0 Å². The highest BCUT2D eigenvalue weighted by Gasteiger charge is 2.32. The summed E-state index contributed by atoms with van der Waals surface area (Å²) in [5, 5.41) is 19.3. The largest absolute Gasteiger partial charge is 0.484 e. The first kappa shape index (κ1) is 13.1. The molecule has 2 rings (SSSR count). The van der Waals surface area contributed by atoms with Gasteiger partial charge >= 0.3 is 0 Å². The van der Waals surface area contributed by atoms with Gasteiger partial charge in [0.25, 0.3) is 5.91 Å². The van der Waals surface area contributed by atoms with Crippen molar-refractivity contribution < 1.29 is 19.7 Å². The molecule has 1 aromatic carbocycles. The molecule has 1 saturated heterocycles. The van der Waals surface area contributed by atoms with E-state index in [0.717, 1.165) is 0 Å². The van der Waals surface area contributed by atoms with Crippen molar-refractivity contribution in [2.45, 2.75) is 12.2 Å². The number of halogens is 1. The molecular weight excluding hydrogens is 258 g/mol. The Morgan fingerprint density at radius 3 is 2.39 bits per heavy atom. The number of hydrogen-bond acceptors (Lipinski definition) is 4. The molecule has 0 radical (unpaired) electrons. The first-order chi connectivity index (χ1) is 8.56. The molecule has 2 N–H and O–H groups in total. The van der Waals surface area contributed by atoms with Crippen LogP contribution in [0.1, 0.15) is 0 Å². The van der Waals surface area contributed by atoms with E-state index in [9.17, 15) is 15.0 Å². The van der Waals surface area contributed by atoms with Gasteiger partial charge in [0.15, 0.2) is 6.61 Å².